The Hall–Kier alpha value is -3.12. The first-order chi connectivity index (χ1) is 21.3. The van der Waals surface area contributed by atoms with Crippen molar-refractivity contribution in [1.82, 2.24) is 4.31 Å². The minimum absolute atomic E-state index is 0.0576. The van der Waals surface area contributed by atoms with Crippen LogP contribution in [0.2, 0.25) is 5.02 Å². The van der Waals surface area contributed by atoms with E-state index in [4.69, 9.17) is 11.6 Å². The van der Waals surface area contributed by atoms with Crippen molar-refractivity contribution >= 4 is 54.6 Å². The second kappa shape index (κ2) is 13.3. The zero-order valence-corrected chi connectivity index (χ0v) is 28.6. The van der Waals surface area contributed by atoms with Crippen molar-refractivity contribution in [3.05, 3.63) is 75.8 Å². The molecule has 1 amide bonds. The van der Waals surface area contributed by atoms with Crippen LogP contribution in [-0.2, 0) is 24.8 Å². The number of nitrogens with zero attached hydrogens (tertiary/aromatic N) is 2. The molecule has 242 valence electrons. The quantitative estimate of drug-likeness (QED) is 0.286. The molecule has 3 aromatic rings. The number of hydrogen-bond acceptors (Lipinski definition) is 6. The molecule has 2 heterocycles. The standard InChI is InChI=1S/C33H41ClN4O5S2/c1-22-20-23(2)25(4)32(24(22)3)45(42,43)38-18-14-26(15-19-38)33(39)35-27-12-13-30(37-16-8-5-9-17-37)31(21-27)44(40,41)36-29-11-7-6-10-28(29)34/h6-7,10-13,20-21,26,36H,5,8-9,14-19H2,1-4H3,(H,35,39). The molecule has 0 saturated carbocycles. The molecule has 2 fully saturated rings. The van der Waals surface area contributed by atoms with Crippen LogP contribution in [0.15, 0.2) is 58.3 Å². The number of aryl methyl sites for hydroxylation is 2. The third-order valence-electron chi connectivity index (χ3n) is 9.05. The number of nitrogens with one attached hydrogen (secondary N) is 2. The average molecular weight is 673 g/mol. The zero-order chi connectivity index (χ0) is 32.5. The number of piperidine rings is 2. The molecule has 0 unspecified atom stereocenters. The molecule has 0 atom stereocenters. The normalized spacial score (nSPS) is 16.9. The van der Waals surface area contributed by atoms with Gasteiger partial charge in [-0.2, -0.15) is 4.31 Å². The fourth-order valence-electron chi connectivity index (χ4n) is 6.25. The first-order valence-electron chi connectivity index (χ1n) is 15.3. The molecule has 45 heavy (non-hydrogen) atoms. The Bertz CT molecular complexity index is 1790. The predicted octanol–water partition coefficient (Wildman–Crippen LogP) is 6.40. The minimum atomic E-state index is -4.06. The maximum atomic E-state index is 13.7. The second-order valence-corrected chi connectivity index (χ2v) is 16.0. The summed E-state index contributed by atoms with van der Waals surface area (Å²) in [6, 6.07) is 13.6. The van der Waals surface area contributed by atoms with Crippen molar-refractivity contribution in [3.8, 4) is 0 Å². The molecule has 2 saturated heterocycles. The lowest BCUT2D eigenvalue weighted by molar-refractivity contribution is -0.120. The van der Waals surface area contributed by atoms with Gasteiger partial charge in [0, 0.05) is 37.8 Å². The van der Waals surface area contributed by atoms with Gasteiger partial charge in [0.05, 0.1) is 21.3 Å². The van der Waals surface area contributed by atoms with E-state index in [2.05, 4.69) is 14.9 Å². The SMILES string of the molecule is Cc1cc(C)c(C)c(S(=O)(=O)N2CCC(C(=O)Nc3ccc(N4CCCCC4)c(S(=O)(=O)Nc4ccccc4Cl)c3)CC2)c1C. The van der Waals surface area contributed by atoms with Crippen molar-refractivity contribution < 1.29 is 21.6 Å². The van der Waals surface area contributed by atoms with E-state index in [1.165, 1.54) is 10.4 Å². The smallest absolute Gasteiger partial charge is 0.264 e. The molecular weight excluding hydrogens is 632 g/mol. The van der Waals surface area contributed by atoms with Gasteiger partial charge in [-0.25, -0.2) is 16.8 Å². The van der Waals surface area contributed by atoms with E-state index in [-0.39, 0.29) is 34.6 Å². The molecule has 5 rings (SSSR count). The minimum Gasteiger partial charge on any atom is -0.370 e. The Morgan fingerprint density at radius 3 is 2.07 bits per heavy atom. The van der Waals surface area contributed by atoms with Gasteiger partial charge in [0.25, 0.3) is 10.0 Å². The molecule has 9 nitrogen and oxygen atoms in total. The number of hydrogen-bond donors (Lipinski definition) is 2. The molecule has 0 spiro atoms. The van der Waals surface area contributed by atoms with Gasteiger partial charge >= 0.3 is 0 Å². The summed E-state index contributed by atoms with van der Waals surface area (Å²) in [5, 5.41) is 3.18. The summed E-state index contributed by atoms with van der Waals surface area (Å²) < 4.78 is 58.9. The van der Waals surface area contributed by atoms with E-state index < -0.39 is 26.0 Å². The lowest BCUT2D eigenvalue weighted by Crippen LogP contribution is -2.42. The molecule has 0 radical (unpaired) electrons. The Balaban J connectivity index is 1.34. The Kier molecular flexibility index (Phi) is 9.84. The summed E-state index contributed by atoms with van der Waals surface area (Å²) in [7, 11) is -7.79. The van der Waals surface area contributed by atoms with Gasteiger partial charge in [0.15, 0.2) is 0 Å². The van der Waals surface area contributed by atoms with E-state index in [1.54, 1.807) is 36.4 Å². The van der Waals surface area contributed by atoms with Crippen molar-refractivity contribution in [2.75, 3.05) is 41.1 Å². The Morgan fingerprint density at radius 1 is 0.822 bits per heavy atom. The van der Waals surface area contributed by atoms with Crippen LogP contribution in [0.1, 0.15) is 54.4 Å². The molecule has 3 aromatic carbocycles. The number of amides is 1. The summed E-state index contributed by atoms with van der Waals surface area (Å²) in [4.78, 5) is 15.9. The van der Waals surface area contributed by atoms with Gasteiger partial charge in [-0.05, 0) is 112 Å². The van der Waals surface area contributed by atoms with Crippen molar-refractivity contribution in [2.45, 2.75) is 69.6 Å². The number of anilines is 3. The van der Waals surface area contributed by atoms with Crippen LogP contribution < -0.4 is 14.9 Å². The number of halogens is 1. The third kappa shape index (κ3) is 7.01. The van der Waals surface area contributed by atoms with E-state index in [0.717, 1.165) is 54.6 Å². The Labute approximate surface area is 272 Å². The summed E-state index contributed by atoms with van der Waals surface area (Å²) in [6.07, 6.45) is 3.74. The highest BCUT2D eigenvalue weighted by molar-refractivity contribution is 7.93. The van der Waals surface area contributed by atoms with Crippen LogP contribution in [0, 0.1) is 33.6 Å². The van der Waals surface area contributed by atoms with E-state index in [1.807, 2.05) is 33.8 Å². The molecular formula is C33H41ClN4O5S2. The van der Waals surface area contributed by atoms with Crippen LogP contribution in [0.25, 0.3) is 0 Å². The third-order valence-corrected chi connectivity index (χ3v) is 12.9. The van der Waals surface area contributed by atoms with Gasteiger partial charge < -0.3 is 10.2 Å². The number of benzene rings is 3. The fraction of sp³-hybridized carbons (Fsp3) is 0.424. The van der Waals surface area contributed by atoms with E-state index >= 15 is 0 Å². The van der Waals surface area contributed by atoms with Gasteiger partial charge in [0.2, 0.25) is 15.9 Å². The largest absolute Gasteiger partial charge is 0.370 e. The average Bonchev–Trinajstić information content (AvgIpc) is 3.01. The number of para-hydroxylation sites is 1. The topological polar surface area (TPSA) is 116 Å². The monoisotopic (exact) mass is 672 g/mol. The highest BCUT2D eigenvalue weighted by Gasteiger charge is 2.35. The summed E-state index contributed by atoms with van der Waals surface area (Å²) in [6.45, 7) is 9.43. The molecule has 12 heteroatoms. The highest BCUT2D eigenvalue weighted by atomic mass is 35.5. The van der Waals surface area contributed by atoms with Crippen LogP contribution in [0.4, 0.5) is 17.1 Å². The molecule has 2 N–H and O–H groups in total. The Morgan fingerprint density at radius 2 is 1.44 bits per heavy atom. The van der Waals surface area contributed by atoms with Crippen molar-refractivity contribution in [2.24, 2.45) is 5.92 Å². The van der Waals surface area contributed by atoms with Crippen LogP contribution in [0.5, 0.6) is 0 Å². The maximum Gasteiger partial charge on any atom is 0.264 e. The molecule has 2 aliphatic heterocycles. The number of carbonyl (C=O) groups excluding carboxylic acids is 1. The zero-order valence-electron chi connectivity index (χ0n) is 26.2. The number of carbonyl (C=O) groups is 1. The summed E-state index contributed by atoms with van der Waals surface area (Å²) >= 11 is 6.26. The van der Waals surface area contributed by atoms with Crippen molar-refractivity contribution in [1.29, 1.82) is 0 Å². The summed E-state index contributed by atoms with van der Waals surface area (Å²) in [5.41, 5.74) is 4.56. The summed E-state index contributed by atoms with van der Waals surface area (Å²) in [5.74, 6) is -0.681. The van der Waals surface area contributed by atoms with Gasteiger partial charge in [-0.15, -0.1) is 0 Å². The maximum absolute atomic E-state index is 13.7. The van der Waals surface area contributed by atoms with E-state index in [9.17, 15) is 21.6 Å². The van der Waals surface area contributed by atoms with Gasteiger partial charge in [0.1, 0.15) is 4.90 Å². The van der Waals surface area contributed by atoms with Gasteiger partial charge in [-0.3, -0.25) is 9.52 Å². The second-order valence-electron chi connectivity index (χ2n) is 12.1. The first-order valence-corrected chi connectivity index (χ1v) is 18.6. The first kappa shape index (κ1) is 33.2. The molecule has 2 aliphatic rings. The molecule has 0 aliphatic carbocycles. The number of rotatable bonds is 8. The lowest BCUT2D eigenvalue weighted by atomic mass is 9.97. The van der Waals surface area contributed by atoms with Crippen LogP contribution in [0.3, 0.4) is 0 Å². The predicted molar refractivity (Wildman–Crippen MR) is 180 cm³/mol. The van der Waals surface area contributed by atoms with E-state index in [0.29, 0.717) is 29.1 Å². The van der Waals surface area contributed by atoms with Gasteiger partial charge in [-0.1, -0.05) is 29.8 Å². The molecule has 0 aromatic heterocycles. The number of sulfonamides is 2. The fourth-order valence-corrected chi connectivity index (χ4v) is 9.86. The van der Waals surface area contributed by atoms with Crippen molar-refractivity contribution in [3.63, 3.8) is 0 Å². The van der Waals surface area contributed by atoms with Crippen LogP contribution in [-0.4, -0.2) is 53.2 Å². The van der Waals surface area contributed by atoms with Crippen LogP contribution >= 0.6 is 11.6 Å². The lowest BCUT2D eigenvalue weighted by Gasteiger charge is -2.32. The molecule has 0 bridgehead atoms. The highest BCUT2D eigenvalue weighted by Crippen LogP contribution is 2.35.